The summed E-state index contributed by atoms with van der Waals surface area (Å²) in [6.07, 6.45) is 4.23. The number of hydrogen-bond acceptors (Lipinski definition) is 4. The molecule has 2 heterocycles. The number of oxazole rings is 1. The van der Waals surface area contributed by atoms with Crippen LogP contribution in [-0.2, 0) is 6.42 Å². The molecule has 2 rings (SSSR count). The van der Waals surface area contributed by atoms with Crippen molar-refractivity contribution in [3.05, 3.63) is 30.2 Å². The van der Waals surface area contributed by atoms with Crippen molar-refractivity contribution >= 4 is 0 Å². The van der Waals surface area contributed by atoms with E-state index in [0.717, 1.165) is 35.9 Å². The quantitative estimate of drug-likeness (QED) is 0.864. The van der Waals surface area contributed by atoms with Gasteiger partial charge in [0.05, 0.1) is 11.8 Å². The molecule has 92 valence electrons. The van der Waals surface area contributed by atoms with Gasteiger partial charge in [0.1, 0.15) is 12.0 Å². The molecule has 0 unspecified atom stereocenters. The molecule has 2 aromatic heterocycles. The number of aromatic nitrogens is 1. The maximum atomic E-state index is 5.65. The molecular formula is C13H18N2O2. The summed E-state index contributed by atoms with van der Waals surface area (Å²) in [7, 11) is 0. The molecule has 0 atom stereocenters. The lowest BCUT2D eigenvalue weighted by molar-refractivity contribution is 0.483. The molecule has 4 heteroatoms. The van der Waals surface area contributed by atoms with Crippen molar-refractivity contribution in [1.29, 1.82) is 0 Å². The molecule has 17 heavy (non-hydrogen) atoms. The Kier molecular flexibility index (Phi) is 3.64. The highest BCUT2D eigenvalue weighted by Gasteiger charge is 2.08. The smallest absolute Gasteiger partial charge is 0.196 e. The minimum atomic E-state index is 0.487. The first-order valence-electron chi connectivity index (χ1n) is 5.89. The predicted molar refractivity (Wildman–Crippen MR) is 65.8 cm³/mol. The van der Waals surface area contributed by atoms with Gasteiger partial charge < -0.3 is 14.2 Å². The summed E-state index contributed by atoms with van der Waals surface area (Å²) in [6.45, 7) is 7.03. The molecule has 0 saturated carbocycles. The van der Waals surface area contributed by atoms with Gasteiger partial charge in [-0.1, -0.05) is 13.8 Å². The molecule has 0 aromatic carbocycles. The van der Waals surface area contributed by atoms with E-state index in [1.807, 2.05) is 13.0 Å². The second-order valence-corrected chi connectivity index (χ2v) is 4.42. The first-order valence-corrected chi connectivity index (χ1v) is 5.89. The van der Waals surface area contributed by atoms with Gasteiger partial charge >= 0.3 is 0 Å². The van der Waals surface area contributed by atoms with Crippen LogP contribution in [0.3, 0.4) is 0 Å². The minimum Gasteiger partial charge on any atom is -0.469 e. The standard InChI is InChI=1S/C13H18N2O2/c1-9(2)14-5-4-13-15-7-12(17-13)11-6-10(3)16-8-11/h6-9,14H,4-5H2,1-3H3. The topological polar surface area (TPSA) is 51.2 Å². The highest BCUT2D eigenvalue weighted by Crippen LogP contribution is 2.22. The van der Waals surface area contributed by atoms with E-state index in [2.05, 4.69) is 24.1 Å². The van der Waals surface area contributed by atoms with Crippen LogP contribution in [0.4, 0.5) is 0 Å². The summed E-state index contributed by atoms with van der Waals surface area (Å²) in [6, 6.07) is 2.43. The van der Waals surface area contributed by atoms with Gasteiger partial charge in [-0.3, -0.25) is 0 Å². The van der Waals surface area contributed by atoms with E-state index >= 15 is 0 Å². The van der Waals surface area contributed by atoms with E-state index in [-0.39, 0.29) is 0 Å². The number of rotatable bonds is 5. The van der Waals surface area contributed by atoms with Gasteiger partial charge in [0.25, 0.3) is 0 Å². The van der Waals surface area contributed by atoms with Crippen molar-refractivity contribution in [2.75, 3.05) is 6.54 Å². The summed E-state index contributed by atoms with van der Waals surface area (Å²) in [5, 5.41) is 3.33. The predicted octanol–water partition coefficient (Wildman–Crippen LogP) is 2.78. The number of nitrogens with one attached hydrogen (secondary N) is 1. The van der Waals surface area contributed by atoms with Crippen LogP contribution in [-0.4, -0.2) is 17.6 Å². The molecule has 0 spiro atoms. The molecular weight excluding hydrogens is 216 g/mol. The summed E-state index contributed by atoms with van der Waals surface area (Å²) in [4.78, 5) is 4.25. The average molecular weight is 234 g/mol. The molecule has 0 saturated heterocycles. The van der Waals surface area contributed by atoms with E-state index in [1.54, 1.807) is 12.5 Å². The highest BCUT2D eigenvalue weighted by atomic mass is 16.4. The Bertz CT molecular complexity index is 471. The number of nitrogens with zero attached hydrogens (tertiary/aromatic N) is 1. The molecule has 2 aromatic rings. The van der Waals surface area contributed by atoms with Crippen molar-refractivity contribution in [3.8, 4) is 11.3 Å². The number of furan rings is 1. The fourth-order valence-electron chi connectivity index (χ4n) is 1.60. The lowest BCUT2D eigenvalue weighted by Gasteiger charge is -2.05. The second-order valence-electron chi connectivity index (χ2n) is 4.42. The fourth-order valence-corrected chi connectivity index (χ4v) is 1.60. The molecule has 4 nitrogen and oxygen atoms in total. The molecule has 0 amide bonds. The van der Waals surface area contributed by atoms with Crippen molar-refractivity contribution in [1.82, 2.24) is 10.3 Å². The van der Waals surface area contributed by atoms with Gasteiger partial charge in [0.15, 0.2) is 11.7 Å². The van der Waals surface area contributed by atoms with Gasteiger partial charge in [-0.05, 0) is 13.0 Å². The summed E-state index contributed by atoms with van der Waals surface area (Å²) in [5.41, 5.74) is 0.943. The van der Waals surface area contributed by atoms with Gasteiger partial charge in [-0.2, -0.15) is 0 Å². The van der Waals surface area contributed by atoms with Crippen LogP contribution in [0.15, 0.2) is 27.4 Å². The first kappa shape index (κ1) is 11.9. The van der Waals surface area contributed by atoms with E-state index in [0.29, 0.717) is 6.04 Å². The largest absolute Gasteiger partial charge is 0.469 e. The molecule has 0 aliphatic heterocycles. The van der Waals surface area contributed by atoms with Crippen LogP contribution in [0.1, 0.15) is 25.5 Å². The third-order valence-electron chi connectivity index (χ3n) is 2.46. The molecule has 1 N–H and O–H groups in total. The van der Waals surface area contributed by atoms with Crippen LogP contribution >= 0.6 is 0 Å². The lowest BCUT2D eigenvalue weighted by atomic mass is 10.3. The Labute approximate surface area is 101 Å². The zero-order valence-electron chi connectivity index (χ0n) is 10.5. The van der Waals surface area contributed by atoms with Gasteiger partial charge in [-0.25, -0.2) is 4.98 Å². The maximum Gasteiger partial charge on any atom is 0.196 e. The molecule has 0 radical (unpaired) electrons. The van der Waals surface area contributed by atoms with Crippen molar-refractivity contribution in [2.24, 2.45) is 0 Å². The minimum absolute atomic E-state index is 0.487. The van der Waals surface area contributed by atoms with E-state index < -0.39 is 0 Å². The fraction of sp³-hybridized carbons (Fsp3) is 0.462. The summed E-state index contributed by atoms with van der Waals surface area (Å²) < 4.78 is 10.9. The van der Waals surface area contributed by atoms with E-state index in [9.17, 15) is 0 Å². The Balaban J connectivity index is 1.96. The van der Waals surface area contributed by atoms with Gasteiger partial charge in [-0.15, -0.1) is 0 Å². The Morgan fingerprint density at radius 3 is 2.88 bits per heavy atom. The van der Waals surface area contributed by atoms with Crippen LogP contribution < -0.4 is 5.32 Å². The van der Waals surface area contributed by atoms with Crippen molar-refractivity contribution < 1.29 is 8.83 Å². The highest BCUT2D eigenvalue weighted by molar-refractivity contribution is 5.55. The first-order chi connectivity index (χ1) is 8.15. The Morgan fingerprint density at radius 2 is 2.24 bits per heavy atom. The van der Waals surface area contributed by atoms with Crippen LogP contribution in [0.25, 0.3) is 11.3 Å². The van der Waals surface area contributed by atoms with Crippen LogP contribution in [0, 0.1) is 6.92 Å². The molecule has 0 fully saturated rings. The molecule has 0 aliphatic rings. The SMILES string of the molecule is Cc1cc(-c2cnc(CCNC(C)C)o2)co1. The normalized spacial score (nSPS) is 11.3. The van der Waals surface area contributed by atoms with Crippen molar-refractivity contribution in [2.45, 2.75) is 33.2 Å². The monoisotopic (exact) mass is 234 g/mol. The number of hydrogen-bond donors (Lipinski definition) is 1. The van der Waals surface area contributed by atoms with Crippen molar-refractivity contribution in [3.63, 3.8) is 0 Å². The molecule has 0 aliphatic carbocycles. The summed E-state index contributed by atoms with van der Waals surface area (Å²) in [5.74, 6) is 2.40. The van der Waals surface area contributed by atoms with Gasteiger partial charge in [0.2, 0.25) is 0 Å². The van der Waals surface area contributed by atoms with Crippen LogP contribution in [0.2, 0.25) is 0 Å². The average Bonchev–Trinajstić information content (AvgIpc) is 2.86. The van der Waals surface area contributed by atoms with Gasteiger partial charge in [0, 0.05) is 19.0 Å². The second kappa shape index (κ2) is 5.19. The third-order valence-corrected chi connectivity index (χ3v) is 2.46. The Morgan fingerprint density at radius 1 is 1.41 bits per heavy atom. The third kappa shape index (κ3) is 3.20. The Hall–Kier alpha value is -1.55. The van der Waals surface area contributed by atoms with E-state index in [1.165, 1.54) is 0 Å². The zero-order chi connectivity index (χ0) is 12.3. The molecule has 0 bridgehead atoms. The lowest BCUT2D eigenvalue weighted by Crippen LogP contribution is -2.24. The van der Waals surface area contributed by atoms with E-state index in [4.69, 9.17) is 8.83 Å². The van der Waals surface area contributed by atoms with Crippen LogP contribution in [0.5, 0.6) is 0 Å². The zero-order valence-corrected chi connectivity index (χ0v) is 10.5. The number of aryl methyl sites for hydroxylation is 1. The maximum absolute atomic E-state index is 5.65. The summed E-state index contributed by atoms with van der Waals surface area (Å²) >= 11 is 0.